The first-order valence-corrected chi connectivity index (χ1v) is 6.64. The third-order valence-corrected chi connectivity index (χ3v) is 2.75. The van der Waals surface area contributed by atoms with Crippen LogP contribution in [0.2, 0.25) is 0 Å². The van der Waals surface area contributed by atoms with Crippen molar-refractivity contribution in [3.63, 3.8) is 0 Å². The Morgan fingerprint density at radius 2 is 2.00 bits per heavy atom. The van der Waals surface area contributed by atoms with Crippen LogP contribution in [0.1, 0.15) is 34.1 Å². The molecule has 0 aliphatic carbocycles. The van der Waals surface area contributed by atoms with Crippen molar-refractivity contribution in [1.29, 1.82) is 0 Å². The summed E-state index contributed by atoms with van der Waals surface area (Å²) in [6.45, 7) is 8.06. The second-order valence-electron chi connectivity index (χ2n) is 5.27. The summed E-state index contributed by atoms with van der Waals surface area (Å²) in [7, 11) is 1.60. The molecule has 4 nitrogen and oxygen atoms in total. The van der Waals surface area contributed by atoms with E-state index in [-0.39, 0.29) is 5.91 Å². The van der Waals surface area contributed by atoms with Crippen molar-refractivity contribution in [3.8, 4) is 5.75 Å². The molecule has 0 aromatic heterocycles. The third kappa shape index (κ3) is 5.20. The van der Waals surface area contributed by atoms with Crippen molar-refractivity contribution in [2.45, 2.75) is 40.2 Å². The second kappa shape index (κ2) is 7.02. The van der Waals surface area contributed by atoms with Gasteiger partial charge in [0.25, 0.3) is 0 Å². The molecule has 1 aromatic rings. The zero-order valence-electron chi connectivity index (χ0n) is 12.4. The second-order valence-corrected chi connectivity index (χ2v) is 5.27. The highest BCUT2D eigenvalue weighted by molar-refractivity contribution is 5.90. The molecule has 1 unspecified atom stereocenters. The summed E-state index contributed by atoms with van der Waals surface area (Å²) in [4.78, 5) is 11.1. The quantitative estimate of drug-likeness (QED) is 0.826. The average molecular weight is 264 g/mol. The molecule has 1 aromatic carbocycles. The normalized spacial score (nSPS) is 12.1. The van der Waals surface area contributed by atoms with Gasteiger partial charge in [0.2, 0.25) is 5.91 Å². The molecule has 1 atom stereocenters. The smallest absolute Gasteiger partial charge is 0.221 e. The molecule has 2 N–H and O–H groups in total. The van der Waals surface area contributed by atoms with Gasteiger partial charge in [-0.3, -0.25) is 4.79 Å². The van der Waals surface area contributed by atoms with E-state index in [0.29, 0.717) is 23.4 Å². The van der Waals surface area contributed by atoms with Gasteiger partial charge < -0.3 is 15.4 Å². The SMILES string of the molecule is COc1cc(NC(C)CC(C)C)ccc1NC(C)=O. The maximum Gasteiger partial charge on any atom is 0.221 e. The number of carbonyl (C=O) groups excluding carboxylic acids is 1. The van der Waals surface area contributed by atoms with E-state index in [9.17, 15) is 4.79 Å². The first-order chi connectivity index (χ1) is 8.92. The Morgan fingerprint density at radius 1 is 1.32 bits per heavy atom. The van der Waals surface area contributed by atoms with Gasteiger partial charge in [-0.1, -0.05) is 13.8 Å². The number of carbonyl (C=O) groups is 1. The van der Waals surface area contributed by atoms with Crippen molar-refractivity contribution in [1.82, 2.24) is 0 Å². The molecule has 19 heavy (non-hydrogen) atoms. The van der Waals surface area contributed by atoms with E-state index < -0.39 is 0 Å². The van der Waals surface area contributed by atoms with Gasteiger partial charge >= 0.3 is 0 Å². The van der Waals surface area contributed by atoms with Crippen molar-refractivity contribution < 1.29 is 9.53 Å². The molecule has 0 heterocycles. The largest absolute Gasteiger partial charge is 0.494 e. The van der Waals surface area contributed by atoms with Crippen molar-refractivity contribution >= 4 is 17.3 Å². The highest BCUT2D eigenvalue weighted by atomic mass is 16.5. The maximum atomic E-state index is 11.1. The van der Waals surface area contributed by atoms with Crippen LogP contribution < -0.4 is 15.4 Å². The molecule has 0 bridgehead atoms. The van der Waals surface area contributed by atoms with E-state index in [0.717, 1.165) is 12.1 Å². The molecule has 1 amide bonds. The standard InChI is InChI=1S/C15H24N2O2/c1-10(2)8-11(3)16-13-6-7-14(17-12(4)18)15(9-13)19-5/h6-7,9-11,16H,8H2,1-5H3,(H,17,18). The van der Waals surface area contributed by atoms with E-state index >= 15 is 0 Å². The summed E-state index contributed by atoms with van der Waals surface area (Å²) < 4.78 is 5.29. The fraction of sp³-hybridized carbons (Fsp3) is 0.533. The molecular weight excluding hydrogens is 240 g/mol. The summed E-state index contributed by atoms with van der Waals surface area (Å²) in [5.41, 5.74) is 1.69. The molecule has 0 aliphatic heterocycles. The van der Waals surface area contributed by atoms with Gasteiger partial charge in [0.15, 0.2) is 0 Å². The predicted octanol–water partition coefficient (Wildman–Crippen LogP) is 3.50. The van der Waals surface area contributed by atoms with Crippen LogP contribution in [0.3, 0.4) is 0 Å². The minimum absolute atomic E-state index is 0.104. The van der Waals surface area contributed by atoms with E-state index in [1.807, 2.05) is 18.2 Å². The molecule has 0 saturated carbocycles. The zero-order chi connectivity index (χ0) is 14.4. The zero-order valence-corrected chi connectivity index (χ0v) is 12.4. The molecule has 4 heteroatoms. The van der Waals surface area contributed by atoms with E-state index in [1.54, 1.807) is 7.11 Å². The van der Waals surface area contributed by atoms with Crippen LogP contribution in [0.4, 0.5) is 11.4 Å². The van der Waals surface area contributed by atoms with Crippen LogP contribution in [0.5, 0.6) is 5.75 Å². The summed E-state index contributed by atoms with van der Waals surface area (Å²) in [6, 6.07) is 6.11. The van der Waals surface area contributed by atoms with E-state index in [1.165, 1.54) is 6.92 Å². The highest BCUT2D eigenvalue weighted by Gasteiger charge is 2.08. The molecule has 0 fully saturated rings. The summed E-state index contributed by atoms with van der Waals surface area (Å²) in [6.07, 6.45) is 1.11. The number of methoxy groups -OCH3 is 1. The van der Waals surface area contributed by atoms with Gasteiger partial charge in [-0.25, -0.2) is 0 Å². The number of anilines is 2. The lowest BCUT2D eigenvalue weighted by Gasteiger charge is -2.18. The number of rotatable bonds is 6. The number of amides is 1. The Balaban J connectivity index is 2.79. The van der Waals surface area contributed by atoms with Crippen molar-refractivity contribution in [2.24, 2.45) is 5.92 Å². The molecule has 0 saturated heterocycles. The van der Waals surface area contributed by atoms with Gasteiger partial charge in [-0.2, -0.15) is 0 Å². The Kier molecular flexibility index (Phi) is 5.67. The minimum Gasteiger partial charge on any atom is -0.494 e. The maximum absolute atomic E-state index is 11.1. The van der Waals surface area contributed by atoms with Gasteiger partial charge in [0, 0.05) is 24.7 Å². The molecule has 0 radical (unpaired) electrons. The first-order valence-electron chi connectivity index (χ1n) is 6.64. The lowest BCUT2D eigenvalue weighted by atomic mass is 10.1. The molecule has 106 valence electrons. The fourth-order valence-corrected chi connectivity index (χ4v) is 2.12. The Bertz CT molecular complexity index is 430. The van der Waals surface area contributed by atoms with Gasteiger partial charge in [0.1, 0.15) is 5.75 Å². The number of benzene rings is 1. The lowest BCUT2D eigenvalue weighted by molar-refractivity contribution is -0.114. The summed E-state index contributed by atoms with van der Waals surface area (Å²) in [5.74, 6) is 1.21. The Morgan fingerprint density at radius 3 is 2.53 bits per heavy atom. The highest BCUT2D eigenvalue weighted by Crippen LogP contribution is 2.28. The monoisotopic (exact) mass is 264 g/mol. The topological polar surface area (TPSA) is 50.4 Å². The van der Waals surface area contributed by atoms with Gasteiger partial charge in [0.05, 0.1) is 12.8 Å². The van der Waals surface area contributed by atoms with Crippen LogP contribution in [0.25, 0.3) is 0 Å². The van der Waals surface area contributed by atoms with Crippen LogP contribution in [0, 0.1) is 5.92 Å². The van der Waals surface area contributed by atoms with Crippen LogP contribution in [0.15, 0.2) is 18.2 Å². The van der Waals surface area contributed by atoms with Crippen LogP contribution >= 0.6 is 0 Å². The number of hydrogen-bond acceptors (Lipinski definition) is 3. The first kappa shape index (κ1) is 15.3. The van der Waals surface area contributed by atoms with Crippen molar-refractivity contribution in [2.75, 3.05) is 17.7 Å². The number of ether oxygens (including phenoxy) is 1. The third-order valence-electron chi connectivity index (χ3n) is 2.75. The van der Waals surface area contributed by atoms with Gasteiger partial charge in [-0.05, 0) is 31.4 Å². The lowest BCUT2D eigenvalue weighted by Crippen LogP contribution is -2.17. The minimum atomic E-state index is -0.104. The predicted molar refractivity (Wildman–Crippen MR) is 79.8 cm³/mol. The summed E-state index contributed by atoms with van der Waals surface area (Å²) >= 11 is 0. The van der Waals surface area contributed by atoms with Crippen LogP contribution in [-0.4, -0.2) is 19.1 Å². The molecule has 0 spiro atoms. The van der Waals surface area contributed by atoms with E-state index in [2.05, 4.69) is 31.4 Å². The molecular formula is C15H24N2O2. The summed E-state index contributed by atoms with van der Waals surface area (Å²) in [5, 5.41) is 6.18. The fourth-order valence-electron chi connectivity index (χ4n) is 2.12. The van der Waals surface area contributed by atoms with Gasteiger partial charge in [-0.15, -0.1) is 0 Å². The van der Waals surface area contributed by atoms with Crippen LogP contribution in [-0.2, 0) is 4.79 Å². The molecule has 1 rings (SSSR count). The average Bonchev–Trinajstić information content (AvgIpc) is 2.29. The number of hydrogen-bond donors (Lipinski definition) is 2. The Labute approximate surface area is 115 Å². The Hall–Kier alpha value is -1.71. The number of nitrogens with one attached hydrogen (secondary N) is 2. The van der Waals surface area contributed by atoms with E-state index in [4.69, 9.17) is 4.74 Å². The molecule has 0 aliphatic rings. The van der Waals surface area contributed by atoms with Crippen molar-refractivity contribution in [3.05, 3.63) is 18.2 Å².